The lowest BCUT2D eigenvalue weighted by atomic mass is 10.2. The summed E-state index contributed by atoms with van der Waals surface area (Å²) < 4.78 is 18.4. The van der Waals surface area contributed by atoms with Gasteiger partial charge in [0, 0.05) is 23.5 Å². The summed E-state index contributed by atoms with van der Waals surface area (Å²) in [6, 6.07) is 7.31. The molecule has 0 saturated carbocycles. The highest BCUT2D eigenvalue weighted by molar-refractivity contribution is 6.05. The minimum Gasteiger partial charge on any atom is -0.479 e. The van der Waals surface area contributed by atoms with Gasteiger partial charge < -0.3 is 15.4 Å². The Kier molecular flexibility index (Phi) is 3.46. The molecule has 6 nitrogen and oxygen atoms in total. The molecular weight excluding hydrogens is 289 g/mol. The number of halogens is 1. The number of ether oxygens (including phenoxy) is 1. The molecule has 112 valence electrons. The minimum atomic E-state index is -0.729. The molecule has 22 heavy (non-hydrogen) atoms. The molecule has 3 rings (SSSR count). The molecule has 1 atom stereocenters. The van der Waals surface area contributed by atoms with Crippen molar-refractivity contribution in [3.05, 3.63) is 48.0 Å². The number of fused-ring (bicyclic) bond motifs is 1. The molecule has 0 saturated heterocycles. The number of nitrogens with one attached hydrogen (secondary N) is 2. The van der Waals surface area contributed by atoms with E-state index in [0.717, 1.165) is 6.07 Å². The first-order valence-corrected chi connectivity index (χ1v) is 6.57. The topological polar surface area (TPSA) is 80.3 Å². The Labute approximate surface area is 125 Å². The summed E-state index contributed by atoms with van der Waals surface area (Å²) in [6.07, 6.45) is 0.653. The quantitative estimate of drug-likeness (QED) is 0.833. The SMILES string of the molecule is CC1Oc2ccc(NC(=O)c3ccnc(F)c3)cc2NC1=O. The Morgan fingerprint density at radius 1 is 1.36 bits per heavy atom. The number of benzene rings is 1. The summed E-state index contributed by atoms with van der Waals surface area (Å²) in [6.45, 7) is 1.64. The molecule has 1 aromatic heterocycles. The van der Waals surface area contributed by atoms with Crippen LogP contribution >= 0.6 is 0 Å². The van der Waals surface area contributed by atoms with Crippen LogP contribution in [0.15, 0.2) is 36.5 Å². The fourth-order valence-corrected chi connectivity index (χ4v) is 2.03. The zero-order valence-corrected chi connectivity index (χ0v) is 11.6. The number of rotatable bonds is 2. The summed E-state index contributed by atoms with van der Waals surface area (Å²) in [5.41, 5.74) is 1.08. The van der Waals surface area contributed by atoms with E-state index in [1.54, 1.807) is 25.1 Å². The number of hydrogen-bond donors (Lipinski definition) is 2. The first-order valence-electron chi connectivity index (χ1n) is 6.57. The number of carbonyl (C=O) groups excluding carboxylic acids is 2. The van der Waals surface area contributed by atoms with Crippen molar-refractivity contribution in [1.29, 1.82) is 0 Å². The van der Waals surface area contributed by atoms with Gasteiger partial charge in [0.15, 0.2) is 6.10 Å². The van der Waals surface area contributed by atoms with Gasteiger partial charge in [-0.15, -0.1) is 0 Å². The highest BCUT2D eigenvalue weighted by Crippen LogP contribution is 2.32. The number of carbonyl (C=O) groups is 2. The second kappa shape index (κ2) is 5.44. The third-order valence-electron chi connectivity index (χ3n) is 3.16. The van der Waals surface area contributed by atoms with Crippen molar-refractivity contribution >= 4 is 23.2 Å². The van der Waals surface area contributed by atoms with Crippen LogP contribution in [-0.4, -0.2) is 22.9 Å². The Hall–Kier alpha value is -2.96. The summed E-state index contributed by atoms with van der Waals surface area (Å²) in [7, 11) is 0. The average molecular weight is 301 g/mol. The van der Waals surface area contributed by atoms with Gasteiger partial charge in [0.2, 0.25) is 5.95 Å². The predicted molar refractivity (Wildman–Crippen MR) is 77.3 cm³/mol. The number of anilines is 2. The molecule has 1 unspecified atom stereocenters. The molecule has 0 bridgehead atoms. The van der Waals surface area contributed by atoms with Gasteiger partial charge in [-0.3, -0.25) is 9.59 Å². The highest BCUT2D eigenvalue weighted by Gasteiger charge is 2.23. The van der Waals surface area contributed by atoms with Gasteiger partial charge in [0.05, 0.1) is 5.69 Å². The number of pyridine rings is 1. The molecule has 2 heterocycles. The van der Waals surface area contributed by atoms with E-state index in [-0.39, 0.29) is 11.5 Å². The van der Waals surface area contributed by atoms with Gasteiger partial charge in [-0.05, 0) is 31.2 Å². The van der Waals surface area contributed by atoms with E-state index < -0.39 is 18.0 Å². The maximum Gasteiger partial charge on any atom is 0.265 e. The van der Waals surface area contributed by atoms with Crippen LogP contribution in [0, 0.1) is 5.95 Å². The summed E-state index contributed by atoms with van der Waals surface area (Å²) in [5.74, 6) is -0.933. The number of hydrogen-bond acceptors (Lipinski definition) is 4. The average Bonchev–Trinajstić information content (AvgIpc) is 2.49. The largest absolute Gasteiger partial charge is 0.479 e. The van der Waals surface area contributed by atoms with Crippen molar-refractivity contribution in [3.63, 3.8) is 0 Å². The van der Waals surface area contributed by atoms with Crippen molar-refractivity contribution in [2.24, 2.45) is 0 Å². The summed E-state index contributed by atoms with van der Waals surface area (Å²) >= 11 is 0. The monoisotopic (exact) mass is 301 g/mol. The van der Waals surface area contributed by atoms with E-state index in [0.29, 0.717) is 17.1 Å². The Morgan fingerprint density at radius 3 is 2.95 bits per heavy atom. The zero-order chi connectivity index (χ0) is 15.7. The lowest BCUT2D eigenvalue weighted by Crippen LogP contribution is -2.34. The second-order valence-corrected chi connectivity index (χ2v) is 4.78. The summed E-state index contributed by atoms with van der Waals surface area (Å²) in [4.78, 5) is 27.0. The lowest BCUT2D eigenvalue weighted by molar-refractivity contribution is -0.122. The van der Waals surface area contributed by atoms with E-state index in [4.69, 9.17) is 4.74 Å². The van der Waals surface area contributed by atoms with Crippen molar-refractivity contribution in [3.8, 4) is 5.75 Å². The first kappa shape index (κ1) is 14.0. The molecule has 0 fully saturated rings. The molecule has 2 aromatic rings. The Morgan fingerprint density at radius 2 is 2.18 bits per heavy atom. The van der Waals surface area contributed by atoms with Crippen LogP contribution in [-0.2, 0) is 4.79 Å². The van der Waals surface area contributed by atoms with Crippen molar-refractivity contribution in [2.75, 3.05) is 10.6 Å². The number of aromatic nitrogens is 1. The van der Waals surface area contributed by atoms with E-state index in [9.17, 15) is 14.0 Å². The number of nitrogens with zero attached hydrogens (tertiary/aromatic N) is 1. The molecule has 0 spiro atoms. The fraction of sp³-hybridized carbons (Fsp3) is 0.133. The Balaban J connectivity index is 1.80. The minimum absolute atomic E-state index is 0.152. The van der Waals surface area contributed by atoms with E-state index >= 15 is 0 Å². The fourth-order valence-electron chi connectivity index (χ4n) is 2.03. The van der Waals surface area contributed by atoms with Crippen molar-refractivity contribution in [1.82, 2.24) is 4.98 Å². The highest BCUT2D eigenvalue weighted by atomic mass is 19.1. The first-order chi connectivity index (χ1) is 10.5. The van der Waals surface area contributed by atoms with Crippen LogP contribution in [0.5, 0.6) is 5.75 Å². The van der Waals surface area contributed by atoms with E-state index in [1.165, 1.54) is 12.3 Å². The van der Waals surface area contributed by atoms with Gasteiger partial charge in [0.1, 0.15) is 5.75 Å². The molecule has 7 heteroatoms. The maximum absolute atomic E-state index is 13.0. The zero-order valence-electron chi connectivity index (χ0n) is 11.6. The number of amides is 2. The molecule has 1 aliphatic rings. The van der Waals surface area contributed by atoms with Crippen LogP contribution in [0.1, 0.15) is 17.3 Å². The van der Waals surface area contributed by atoms with E-state index in [2.05, 4.69) is 15.6 Å². The van der Waals surface area contributed by atoms with Crippen LogP contribution in [0.4, 0.5) is 15.8 Å². The van der Waals surface area contributed by atoms with Crippen LogP contribution in [0.2, 0.25) is 0 Å². The molecule has 1 aromatic carbocycles. The second-order valence-electron chi connectivity index (χ2n) is 4.78. The summed E-state index contributed by atoms with van der Waals surface area (Å²) in [5, 5.41) is 5.31. The Bertz CT molecular complexity index is 763. The van der Waals surface area contributed by atoms with Gasteiger partial charge in [-0.2, -0.15) is 4.39 Å². The third-order valence-corrected chi connectivity index (χ3v) is 3.16. The standard InChI is InChI=1S/C15H12FN3O3/c1-8-14(20)19-11-7-10(2-3-12(11)22-8)18-15(21)9-4-5-17-13(16)6-9/h2-8H,1H3,(H,18,21)(H,19,20). The van der Waals surface area contributed by atoms with Gasteiger partial charge >= 0.3 is 0 Å². The van der Waals surface area contributed by atoms with Crippen LogP contribution in [0.25, 0.3) is 0 Å². The van der Waals surface area contributed by atoms with Crippen LogP contribution < -0.4 is 15.4 Å². The molecule has 1 aliphatic heterocycles. The van der Waals surface area contributed by atoms with Gasteiger partial charge in [-0.25, -0.2) is 4.98 Å². The molecule has 0 aliphatic carbocycles. The smallest absolute Gasteiger partial charge is 0.265 e. The lowest BCUT2D eigenvalue weighted by Gasteiger charge is -2.23. The van der Waals surface area contributed by atoms with Crippen LogP contribution in [0.3, 0.4) is 0 Å². The molecule has 0 radical (unpaired) electrons. The molecule has 2 amide bonds. The van der Waals surface area contributed by atoms with Gasteiger partial charge in [0.25, 0.3) is 11.8 Å². The van der Waals surface area contributed by atoms with Gasteiger partial charge in [-0.1, -0.05) is 0 Å². The third kappa shape index (κ3) is 2.73. The normalized spacial score (nSPS) is 16.3. The molecule has 2 N–H and O–H groups in total. The maximum atomic E-state index is 13.0. The van der Waals surface area contributed by atoms with Crippen molar-refractivity contribution < 1.29 is 18.7 Å². The van der Waals surface area contributed by atoms with E-state index in [1.807, 2.05) is 0 Å². The van der Waals surface area contributed by atoms with Crippen molar-refractivity contribution in [2.45, 2.75) is 13.0 Å². The predicted octanol–water partition coefficient (Wildman–Crippen LogP) is 2.19. The molecular formula is C15H12FN3O3.